The van der Waals surface area contributed by atoms with E-state index in [1.807, 2.05) is 30.3 Å². The predicted molar refractivity (Wildman–Crippen MR) is 88.8 cm³/mol. The van der Waals surface area contributed by atoms with E-state index in [1.54, 1.807) is 12.1 Å². The van der Waals surface area contributed by atoms with Gasteiger partial charge in [-0.2, -0.15) is 4.74 Å². The number of fused-ring (bicyclic) bond motifs is 2. The summed E-state index contributed by atoms with van der Waals surface area (Å²) in [7, 11) is 0. The molecule has 0 N–H and O–H groups in total. The first kappa shape index (κ1) is 14.1. The van der Waals surface area contributed by atoms with Gasteiger partial charge in [0.15, 0.2) is 0 Å². The maximum Gasteiger partial charge on any atom is 0.276 e. The monoisotopic (exact) mass is 318 g/mol. The van der Waals surface area contributed by atoms with Crippen LogP contribution in [0.1, 0.15) is 15.9 Å². The topological polar surface area (TPSA) is 86.3 Å². The summed E-state index contributed by atoms with van der Waals surface area (Å²) in [4.78, 5) is 23.0. The molecule has 0 aromatic heterocycles. The summed E-state index contributed by atoms with van der Waals surface area (Å²) in [6.07, 6.45) is 0. The zero-order chi connectivity index (χ0) is 16.8. The fourth-order valence-electron chi connectivity index (χ4n) is 3.00. The van der Waals surface area contributed by atoms with Crippen LogP contribution in [0.4, 0.5) is 11.4 Å². The average molecular weight is 318 g/mol. The van der Waals surface area contributed by atoms with Gasteiger partial charge in [0.05, 0.1) is 16.6 Å². The third-order valence-corrected chi connectivity index (χ3v) is 4.12. The first-order valence-electron chi connectivity index (χ1n) is 7.23. The van der Waals surface area contributed by atoms with Gasteiger partial charge in [-0.05, 0) is 22.9 Å². The van der Waals surface area contributed by atoms with Crippen molar-refractivity contribution >= 4 is 33.6 Å². The van der Waals surface area contributed by atoms with Crippen molar-refractivity contribution in [3.05, 3.63) is 87.1 Å². The highest BCUT2D eigenvalue weighted by Crippen LogP contribution is 2.33. The molecule has 6 heteroatoms. The number of hydrogen-bond acceptors (Lipinski definition) is 4. The molecular formula is C18H10N2O4. The van der Waals surface area contributed by atoms with E-state index in [1.165, 1.54) is 12.1 Å². The van der Waals surface area contributed by atoms with Gasteiger partial charge in [-0.3, -0.25) is 14.9 Å². The summed E-state index contributed by atoms with van der Waals surface area (Å²) in [5.74, 6) is -0.425. The molecule has 116 valence electrons. The predicted octanol–water partition coefficient (Wildman–Crippen LogP) is 3.58. The highest BCUT2D eigenvalue weighted by molar-refractivity contribution is 6.53. The normalized spacial score (nSPS) is 13.4. The third-order valence-electron chi connectivity index (χ3n) is 4.12. The lowest BCUT2D eigenvalue weighted by Crippen LogP contribution is -2.16. The summed E-state index contributed by atoms with van der Waals surface area (Å²) in [5, 5.41) is 25.3. The number of carbonyl (C=O) groups is 1. The van der Waals surface area contributed by atoms with Gasteiger partial charge in [-0.15, -0.1) is 0 Å². The van der Waals surface area contributed by atoms with Crippen LogP contribution in [0.25, 0.3) is 10.8 Å². The number of hydrogen-bond donors (Lipinski definition) is 0. The SMILES string of the molecule is O=C1C(c2cccc3ccccc23)=[N+]([O-])c2cc([N+](=O)[O-])ccc21. The van der Waals surface area contributed by atoms with Gasteiger partial charge in [-0.25, -0.2) is 0 Å². The van der Waals surface area contributed by atoms with Crippen molar-refractivity contribution in [1.29, 1.82) is 0 Å². The number of nitro benzene ring substituents is 1. The summed E-state index contributed by atoms with van der Waals surface area (Å²) in [6.45, 7) is 0. The van der Waals surface area contributed by atoms with Crippen molar-refractivity contribution in [2.75, 3.05) is 0 Å². The second kappa shape index (κ2) is 4.99. The molecule has 0 amide bonds. The Morgan fingerprint density at radius 1 is 0.917 bits per heavy atom. The van der Waals surface area contributed by atoms with Gasteiger partial charge < -0.3 is 5.21 Å². The van der Waals surface area contributed by atoms with Gasteiger partial charge in [0.2, 0.25) is 5.69 Å². The Balaban J connectivity index is 1.98. The molecule has 1 aliphatic rings. The van der Waals surface area contributed by atoms with Crippen molar-refractivity contribution in [2.24, 2.45) is 0 Å². The van der Waals surface area contributed by atoms with E-state index in [9.17, 15) is 20.1 Å². The summed E-state index contributed by atoms with van der Waals surface area (Å²) >= 11 is 0. The molecular weight excluding hydrogens is 308 g/mol. The quantitative estimate of drug-likeness (QED) is 0.313. The Bertz CT molecular complexity index is 1060. The molecule has 0 unspecified atom stereocenters. The lowest BCUT2D eigenvalue weighted by Gasteiger charge is -2.05. The van der Waals surface area contributed by atoms with Crippen LogP contribution in [0.2, 0.25) is 0 Å². The van der Waals surface area contributed by atoms with Crippen LogP contribution in [0.15, 0.2) is 60.7 Å². The van der Waals surface area contributed by atoms with Crippen molar-refractivity contribution < 1.29 is 14.5 Å². The molecule has 0 spiro atoms. The van der Waals surface area contributed by atoms with Crippen LogP contribution >= 0.6 is 0 Å². The van der Waals surface area contributed by atoms with Gasteiger partial charge in [0.25, 0.3) is 17.2 Å². The molecule has 0 bridgehead atoms. The van der Waals surface area contributed by atoms with Crippen LogP contribution in [0, 0.1) is 15.3 Å². The maximum absolute atomic E-state index is 12.7. The maximum atomic E-state index is 12.7. The van der Waals surface area contributed by atoms with Gasteiger partial charge in [-0.1, -0.05) is 36.4 Å². The van der Waals surface area contributed by atoms with E-state index in [4.69, 9.17) is 0 Å². The molecule has 0 fully saturated rings. The van der Waals surface area contributed by atoms with E-state index in [2.05, 4.69) is 0 Å². The van der Waals surface area contributed by atoms with E-state index in [-0.39, 0.29) is 22.6 Å². The zero-order valence-corrected chi connectivity index (χ0v) is 12.3. The standard InChI is InChI=1S/C18H10N2O4/c21-18-15-9-8-12(20(23)24)10-16(15)19(22)17(18)14-7-3-5-11-4-1-2-6-13(11)14/h1-10H. The number of non-ortho nitro benzene ring substituents is 1. The van der Waals surface area contributed by atoms with E-state index < -0.39 is 10.7 Å². The molecule has 3 aromatic carbocycles. The first-order valence-corrected chi connectivity index (χ1v) is 7.23. The molecule has 3 aromatic rings. The summed E-state index contributed by atoms with van der Waals surface area (Å²) < 4.78 is 0.492. The minimum Gasteiger partial charge on any atom is -0.618 e. The Morgan fingerprint density at radius 2 is 1.67 bits per heavy atom. The lowest BCUT2D eigenvalue weighted by atomic mass is 9.97. The summed E-state index contributed by atoms with van der Waals surface area (Å²) in [5.41, 5.74) is 0.478. The highest BCUT2D eigenvalue weighted by atomic mass is 16.6. The van der Waals surface area contributed by atoms with Crippen molar-refractivity contribution in [2.45, 2.75) is 0 Å². The Hall–Kier alpha value is -3.54. The number of benzene rings is 3. The first-order chi connectivity index (χ1) is 11.6. The molecule has 24 heavy (non-hydrogen) atoms. The fraction of sp³-hybridized carbons (Fsp3) is 0. The lowest BCUT2D eigenvalue weighted by molar-refractivity contribution is -0.387. The van der Waals surface area contributed by atoms with E-state index in [0.29, 0.717) is 10.3 Å². The highest BCUT2D eigenvalue weighted by Gasteiger charge is 2.38. The molecule has 0 aliphatic carbocycles. The van der Waals surface area contributed by atoms with Gasteiger partial charge in [0.1, 0.15) is 5.56 Å². The van der Waals surface area contributed by atoms with Crippen molar-refractivity contribution in [3.63, 3.8) is 0 Å². The molecule has 0 radical (unpaired) electrons. The van der Waals surface area contributed by atoms with Crippen LogP contribution in [0.5, 0.6) is 0 Å². The molecule has 0 saturated carbocycles. The number of rotatable bonds is 2. The van der Waals surface area contributed by atoms with Gasteiger partial charge >= 0.3 is 0 Å². The summed E-state index contributed by atoms with van der Waals surface area (Å²) in [6, 6.07) is 16.5. The number of nitro groups is 1. The Morgan fingerprint density at radius 3 is 2.46 bits per heavy atom. The van der Waals surface area contributed by atoms with E-state index >= 15 is 0 Å². The third kappa shape index (κ3) is 1.90. The smallest absolute Gasteiger partial charge is 0.276 e. The minimum atomic E-state index is -0.589. The van der Waals surface area contributed by atoms with Crippen LogP contribution in [-0.4, -0.2) is 21.2 Å². The molecule has 0 atom stereocenters. The number of nitrogens with zero attached hydrogens (tertiary/aromatic N) is 2. The number of Topliss-reactive ketones (excluding diaryl/α,β-unsaturated/α-hetero) is 1. The van der Waals surface area contributed by atoms with Gasteiger partial charge in [0, 0.05) is 6.07 Å². The number of carbonyl (C=O) groups excluding carboxylic acids is 1. The average Bonchev–Trinajstić information content (AvgIpc) is 2.85. The Labute approximate surface area is 136 Å². The molecule has 6 nitrogen and oxygen atoms in total. The molecule has 0 saturated heterocycles. The van der Waals surface area contributed by atoms with E-state index in [0.717, 1.165) is 16.8 Å². The zero-order valence-electron chi connectivity index (χ0n) is 12.3. The minimum absolute atomic E-state index is 0.0112. The second-order valence-electron chi connectivity index (χ2n) is 5.46. The molecule has 4 rings (SSSR count). The number of ketones is 1. The molecule has 1 aliphatic heterocycles. The fourth-order valence-corrected chi connectivity index (χ4v) is 3.00. The van der Waals surface area contributed by atoms with Crippen LogP contribution < -0.4 is 0 Å². The van der Waals surface area contributed by atoms with Crippen LogP contribution in [-0.2, 0) is 0 Å². The largest absolute Gasteiger partial charge is 0.618 e. The van der Waals surface area contributed by atoms with Crippen LogP contribution in [0.3, 0.4) is 0 Å². The molecule has 1 heterocycles. The Kier molecular flexibility index (Phi) is 2.93. The van der Waals surface area contributed by atoms with Crippen molar-refractivity contribution in [3.8, 4) is 0 Å². The second-order valence-corrected chi connectivity index (χ2v) is 5.46. The van der Waals surface area contributed by atoms with Crippen molar-refractivity contribution in [1.82, 2.24) is 0 Å².